The molecule has 0 spiro atoms. The number of likely N-dealkylation sites (tertiary alicyclic amines) is 1. The van der Waals surface area contributed by atoms with Crippen LogP contribution in [0.25, 0.3) is 11.1 Å². The molecule has 0 saturated carbocycles. The second-order valence-electron chi connectivity index (χ2n) is 8.91. The number of hydrogen-bond acceptors (Lipinski definition) is 2. The molecule has 0 aromatic heterocycles. The zero-order valence-electron chi connectivity index (χ0n) is 17.9. The zero-order chi connectivity index (χ0) is 20.3. The van der Waals surface area contributed by atoms with Gasteiger partial charge in [-0.2, -0.15) is 0 Å². The van der Waals surface area contributed by atoms with Crippen LogP contribution in [0.2, 0.25) is 0 Å². The van der Waals surface area contributed by atoms with Gasteiger partial charge in [0.1, 0.15) is 12.4 Å². The van der Waals surface area contributed by atoms with Gasteiger partial charge in [-0.05, 0) is 85.5 Å². The van der Waals surface area contributed by atoms with Gasteiger partial charge in [0.15, 0.2) is 0 Å². The lowest BCUT2D eigenvalue weighted by Gasteiger charge is -2.35. The lowest BCUT2D eigenvalue weighted by atomic mass is 9.85. The molecule has 1 heterocycles. The fourth-order valence-electron chi connectivity index (χ4n) is 5.18. The highest BCUT2D eigenvalue weighted by Gasteiger charge is 2.30. The normalized spacial score (nSPS) is 21.4. The van der Waals surface area contributed by atoms with Crippen molar-refractivity contribution in [2.45, 2.75) is 57.7 Å². The Balaban J connectivity index is 1.25. The minimum atomic E-state index is 0.607. The van der Waals surface area contributed by atoms with Crippen molar-refractivity contribution < 1.29 is 4.74 Å². The van der Waals surface area contributed by atoms with Crippen LogP contribution in [0.5, 0.6) is 5.75 Å². The third-order valence-electron chi connectivity index (χ3n) is 6.92. The van der Waals surface area contributed by atoms with E-state index in [1.807, 2.05) is 18.2 Å². The maximum Gasteiger partial charge on any atom is 0.119 e. The third kappa shape index (κ3) is 4.15. The van der Waals surface area contributed by atoms with Crippen LogP contribution in [0.3, 0.4) is 0 Å². The Morgan fingerprint density at radius 1 is 0.867 bits per heavy atom. The molecule has 154 valence electrons. The van der Waals surface area contributed by atoms with Crippen molar-refractivity contribution in [2.75, 3.05) is 6.54 Å². The summed E-state index contributed by atoms with van der Waals surface area (Å²) in [5.41, 5.74) is 6.87. The molecule has 0 bridgehead atoms. The summed E-state index contributed by atoms with van der Waals surface area (Å²) in [6.45, 7) is 4.30. The fourth-order valence-corrected chi connectivity index (χ4v) is 5.18. The van der Waals surface area contributed by atoms with E-state index in [1.165, 1.54) is 55.3 Å². The van der Waals surface area contributed by atoms with E-state index in [0.29, 0.717) is 6.61 Å². The number of hydrogen-bond donors (Lipinski definition) is 0. The molecule has 1 aliphatic carbocycles. The molecule has 2 heteroatoms. The average molecular weight is 398 g/mol. The van der Waals surface area contributed by atoms with Crippen LogP contribution in [0, 0.1) is 0 Å². The van der Waals surface area contributed by atoms with Crippen molar-refractivity contribution in [2.24, 2.45) is 0 Å². The Labute approximate surface area is 180 Å². The van der Waals surface area contributed by atoms with E-state index >= 15 is 0 Å². The molecule has 2 nitrogen and oxygen atoms in total. The quantitative estimate of drug-likeness (QED) is 0.503. The molecule has 5 rings (SSSR count). The van der Waals surface area contributed by atoms with Crippen molar-refractivity contribution in [1.29, 1.82) is 0 Å². The largest absolute Gasteiger partial charge is 0.489 e. The van der Waals surface area contributed by atoms with Crippen molar-refractivity contribution >= 4 is 0 Å². The lowest BCUT2D eigenvalue weighted by molar-refractivity contribution is 0.174. The van der Waals surface area contributed by atoms with Gasteiger partial charge in [-0.25, -0.2) is 0 Å². The molecule has 0 amide bonds. The first kappa shape index (κ1) is 19.4. The molecule has 1 fully saturated rings. The first-order valence-electron chi connectivity index (χ1n) is 11.4. The van der Waals surface area contributed by atoms with E-state index in [2.05, 4.69) is 66.4 Å². The SMILES string of the molecule is CC1CCCN1C1CCc2cc(-c3ccc(OCc4ccccc4)cc3)ccc2C1. The first-order valence-corrected chi connectivity index (χ1v) is 11.4. The van der Waals surface area contributed by atoms with Gasteiger partial charge < -0.3 is 4.74 Å². The molecule has 0 radical (unpaired) electrons. The van der Waals surface area contributed by atoms with E-state index in [9.17, 15) is 0 Å². The summed E-state index contributed by atoms with van der Waals surface area (Å²) >= 11 is 0. The highest BCUT2D eigenvalue weighted by Crippen LogP contribution is 2.32. The predicted octanol–water partition coefficient (Wildman–Crippen LogP) is 6.27. The van der Waals surface area contributed by atoms with Gasteiger partial charge in [-0.15, -0.1) is 0 Å². The van der Waals surface area contributed by atoms with Gasteiger partial charge >= 0.3 is 0 Å². The summed E-state index contributed by atoms with van der Waals surface area (Å²) in [5, 5.41) is 0. The summed E-state index contributed by atoms with van der Waals surface area (Å²) in [5.74, 6) is 0.920. The third-order valence-corrected chi connectivity index (χ3v) is 6.92. The molecular formula is C28H31NO. The molecule has 3 aromatic rings. The molecule has 1 aliphatic heterocycles. The molecule has 2 atom stereocenters. The van der Waals surface area contributed by atoms with Gasteiger partial charge in [-0.1, -0.05) is 60.7 Å². The van der Waals surface area contributed by atoms with E-state index in [1.54, 1.807) is 11.1 Å². The lowest BCUT2D eigenvalue weighted by Crippen LogP contribution is -2.41. The van der Waals surface area contributed by atoms with Crippen LogP contribution >= 0.6 is 0 Å². The smallest absolute Gasteiger partial charge is 0.119 e. The van der Waals surface area contributed by atoms with Crippen molar-refractivity contribution in [3.05, 3.63) is 89.5 Å². The Morgan fingerprint density at radius 3 is 2.43 bits per heavy atom. The van der Waals surface area contributed by atoms with Crippen LogP contribution in [0.15, 0.2) is 72.8 Å². The topological polar surface area (TPSA) is 12.5 Å². The van der Waals surface area contributed by atoms with E-state index < -0.39 is 0 Å². The summed E-state index contributed by atoms with van der Waals surface area (Å²) in [6, 6.07) is 27.4. The Morgan fingerprint density at radius 2 is 1.67 bits per heavy atom. The molecule has 1 saturated heterocycles. The number of fused-ring (bicyclic) bond motifs is 1. The highest BCUT2D eigenvalue weighted by molar-refractivity contribution is 5.66. The van der Waals surface area contributed by atoms with Gasteiger partial charge in [0, 0.05) is 12.1 Å². The number of nitrogens with zero attached hydrogens (tertiary/aromatic N) is 1. The molecule has 30 heavy (non-hydrogen) atoms. The number of aryl methyl sites for hydroxylation is 1. The van der Waals surface area contributed by atoms with E-state index in [-0.39, 0.29) is 0 Å². The summed E-state index contributed by atoms with van der Waals surface area (Å²) < 4.78 is 5.94. The molecule has 3 aromatic carbocycles. The second kappa shape index (κ2) is 8.65. The minimum Gasteiger partial charge on any atom is -0.489 e. The van der Waals surface area contributed by atoms with Crippen molar-refractivity contribution in [3.63, 3.8) is 0 Å². The standard InChI is InChI=1S/C28H31NO/c1-21-6-5-17-29(21)27-14-11-25-18-24(9-10-26(25)19-27)23-12-15-28(16-13-23)30-20-22-7-3-2-4-8-22/h2-4,7-10,12-13,15-16,18,21,27H,5-6,11,14,17,19-20H2,1H3. The van der Waals surface area contributed by atoms with Crippen LogP contribution < -0.4 is 4.74 Å². The Hall–Kier alpha value is -2.58. The Bertz CT molecular complexity index is 979. The maximum absolute atomic E-state index is 5.94. The monoisotopic (exact) mass is 397 g/mol. The van der Waals surface area contributed by atoms with Gasteiger partial charge in [0.05, 0.1) is 0 Å². The molecule has 0 N–H and O–H groups in total. The van der Waals surface area contributed by atoms with E-state index in [0.717, 1.165) is 17.8 Å². The summed E-state index contributed by atoms with van der Waals surface area (Å²) in [7, 11) is 0. The van der Waals surface area contributed by atoms with Crippen molar-refractivity contribution in [1.82, 2.24) is 4.90 Å². The number of benzene rings is 3. The molecular weight excluding hydrogens is 366 g/mol. The maximum atomic E-state index is 5.94. The number of rotatable bonds is 5. The minimum absolute atomic E-state index is 0.607. The Kier molecular flexibility index (Phi) is 5.59. The van der Waals surface area contributed by atoms with Gasteiger partial charge in [0.25, 0.3) is 0 Å². The zero-order valence-corrected chi connectivity index (χ0v) is 17.9. The fraction of sp³-hybridized carbons (Fsp3) is 0.357. The van der Waals surface area contributed by atoms with Crippen LogP contribution in [-0.4, -0.2) is 23.5 Å². The van der Waals surface area contributed by atoms with Crippen LogP contribution in [0.1, 0.15) is 42.9 Å². The average Bonchev–Trinajstić information content (AvgIpc) is 3.24. The summed E-state index contributed by atoms with van der Waals surface area (Å²) in [6.07, 6.45) is 6.45. The molecule has 2 aliphatic rings. The first-order chi connectivity index (χ1) is 14.8. The second-order valence-corrected chi connectivity index (χ2v) is 8.91. The van der Waals surface area contributed by atoms with Gasteiger partial charge in [-0.3, -0.25) is 4.90 Å². The van der Waals surface area contributed by atoms with Crippen molar-refractivity contribution in [3.8, 4) is 16.9 Å². The molecule has 2 unspecified atom stereocenters. The van der Waals surface area contributed by atoms with E-state index in [4.69, 9.17) is 4.74 Å². The van der Waals surface area contributed by atoms with Gasteiger partial charge in [0.2, 0.25) is 0 Å². The predicted molar refractivity (Wildman–Crippen MR) is 124 cm³/mol. The summed E-state index contributed by atoms with van der Waals surface area (Å²) in [4.78, 5) is 2.75. The van der Waals surface area contributed by atoms with Crippen LogP contribution in [-0.2, 0) is 19.4 Å². The van der Waals surface area contributed by atoms with Crippen LogP contribution in [0.4, 0.5) is 0 Å². The number of ether oxygens (including phenoxy) is 1. The highest BCUT2D eigenvalue weighted by atomic mass is 16.5.